The van der Waals surface area contributed by atoms with E-state index in [4.69, 9.17) is 5.26 Å². The van der Waals surface area contributed by atoms with Gasteiger partial charge in [0.2, 0.25) is 5.91 Å². The van der Waals surface area contributed by atoms with Crippen LogP contribution in [0.2, 0.25) is 0 Å². The second-order valence-electron chi connectivity index (χ2n) is 6.19. The number of amides is 1. The third kappa shape index (κ3) is 5.34. The van der Waals surface area contributed by atoms with Crippen molar-refractivity contribution in [2.75, 3.05) is 12.8 Å². The molecule has 0 aromatic heterocycles. The van der Waals surface area contributed by atoms with Gasteiger partial charge in [-0.2, -0.15) is 5.26 Å². The molecule has 0 aliphatic rings. The summed E-state index contributed by atoms with van der Waals surface area (Å²) in [6.45, 7) is 1.49. The average molecular weight is 392 g/mol. The van der Waals surface area contributed by atoms with Crippen molar-refractivity contribution in [3.8, 4) is 6.07 Å². The SMILES string of the molecule is CC(c1cc(F)ccc1F)N(C)C(=O)CS(=O)(=O)Cc1ccc(C#N)cc1. The van der Waals surface area contributed by atoms with E-state index < -0.39 is 39.2 Å². The van der Waals surface area contributed by atoms with Crippen LogP contribution in [0.15, 0.2) is 42.5 Å². The predicted octanol–water partition coefficient (Wildman–Crippen LogP) is 2.97. The van der Waals surface area contributed by atoms with E-state index in [1.807, 2.05) is 6.07 Å². The van der Waals surface area contributed by atoms with Crippen LogP contribution in [0.1, 0.15) is 29.7 Å². The quantitative estimate of drug-likeness (QED) is 0.757. The number of carbonyl (C=O) groups excluding carboxylic acids is 1. The number of halogens is 2. The summed E-state index contributed by atoms with van der Waals surface area (Å²) in [4.78, 5) is 13.4. The highest BCUT2D eigenvalue weighted by Gasteiger charge is 2.25. The maximum Gasteiger partial charge on any atom is 0.238 e. The van der Waals surface area contributed by atoms with Crippen molar-refractivity contribution in [3.63, 3.8) is 0 Å². The summed E-state index contributed by atoms with van der Waals surface area (Å²) in [5.74, 6) is -3.16. The first-order valence-corrected chi connectivity index (χ1v) is 9.85. The third-order valence-corrected chi connectivity index (χ3v) is 5.66. The maximum absolute atomic E-state index is 13.9. The van der Waals surface area contributed by atoms with E-state index in [-0.39, 0.29) is 11.3 Å². The number of benzene rings is 2. The molecule has 2 aromatic carbocycles. The molecule has 0 bridgehead atoms. The number of nitrogens with zero attached hydrogens (tertiary/aromatic N) is 2. The van der Waals surface area contributed by atoms with Crippen LogP contribution >= 0.6 is 0 Å². The zero-order chi connectivity index (χ0) is 20.2. The van der Waals surface area contributed by atoms with Crippen molar-refractivity contribution in [3.05, 3.63) is 70.8 Å². The Hall–Kier alpha value is -2.79. The smallest absolute Gasteiger partial charge is 0.238 e. The van der Waals surface area contributed by atoms with E-state index in [1.54, 1.807) is 0 Å². The zero-order valence-corrected chi connectivity index (χ0v) is 15.6. The van der Waals surface area contributed by atoms with E-state index in [9.17, 15) is 22.0 Å². The number of hydrogen-bond donors (Lipinski definition) is 0. The molecule has 0 spiro atoms. The molecule has 5 nitrogen and oxygen atoms in total. The van der Waals surface area contributed by atoms with Gasteiger partial charge in [-0.15, -0.1) is 0 Å². The Balaban J connectivity index is 2.09. The molecule has 0 aliphatic carbocycles. The molecule has 0 fully saturated rings. The van der Waals surface area contributed by atoms with E-state index in [1.165, 1.54) is 38.2 Å². The summed E-state index contributed by atoms with van der Waals surface area (Å²) in [5.41, 5.74) is 0.821. The molecular weight excluding hydrogens is 374 g/mol. The van der Waals surface area contributed by atoms with Gasteiger partial charge >= 0.3 is 0 Å². The molecular formula is C19H18F2N2O3S. The second kappa shape index (κ2) is 8.27. The summed E-state index contributed by atoms with van der Waals surface area (Å²) < 4.78 is 51.8. The summed E-state index contributed by atoms with van der Waals surface area (Å²) in [6, 6.07) is 10.0. The van der Waals surface area contributed by atoms with Gasteiger partial charge in [0.1, 0.15) is 17.4 Å². The lowest BCUT2D eigenvalue weighted by atomic mass is 10.1. The topological polar surface area (TPSA) is 78.2 Å². The fourth-order valence-electron chi connectivity index (χ4n) is 2.53. The fraction of sp³-hybridized carbons (Fsp3) is 0.263. The lowest BCUT2D eigenvalue weighted by molar-refractivity contribution is -0.129. The lowest BCUT2D eigenvalue weighted by Crippen LogP contribution is -2.35. The van der Waals surface area contributed by atoms with Crippen molar-refractivity contribution in [2.45, 2.75) is 18.7 Å². The Morgan fingerprint density at radius 1 is 1.19 bits per heavy atom. The highest BCUT2D eigenvalue weighted by atomic mass is 32.2. The van der Waals surface area contributed by atoms with Crippen molar-refractivity contribution in [1.82, 2.24) is 4.90 Å². The Bertz CT molecular complexity index is 983. The molecule has 1 amide bonds. The molecule has 8 heteroatoms. The Kier molecular flexibility index (Phi) is 6.28. The minimum Gasteiger partial charge on any atom is -0.338 e. The minimum absolute atomic E-state index is 0.0321. The van der Waals surface area contributed by atoms with Gasteiger partial charge in [0, 0.05) is 12.6 Å². The van der Waals surface area contributed by atoms with Crippen LogP contribution in [0.4, 0.5) is 8.78 Å². The Morgan fingerprint density at radius 3 is 2.41 bits per heavy atom. The fourth-order valence-corrected chi connectivity index (χ4v) is 3.91. The molecule has 0 saturated heterocycles. The van der Waals surface area contributed by atoms with Crippen LogP contribution in [0.25, 0.3) is 0 Å². The van der Waals surface area contributed by atoms with Crippen LogP contribution in [0.3, 0.4) is 0 Å². The lowest BCUT2D eigenvalue weighted by Gasteiger charge is -2.25. The molecule has 0 N–H and O–H groups in total. The van der Waals surface area contributed by atoms with Crippen molar-refractivity contribution >= 4 is 15.7 Å². The first-order chi connectivity index (χ1) is 12.6. The highest BCUT2D eigenvalue weighted by Crippen LogP contribution is 2.23. The van der Waals surface area contributed by atoms with E-state index >= 15 is 0 Å². The van der Waals surface area contributed by atoms with E-state index in [2.05, 4.69) is 0 Å². The van der Waals surface area contributed by atoms with Gasteiger partial charge in [-0.3, -0.25) is 4.79 Å². The van der Waals surface area contributed by atoms with Gasteiger partial charge in [0.15, 0.2) is 9.84 Å². The van der Waals surface area contributed by atoms with Crippen LogP contribution in [-0.2, 0) is 20.4 Å². The van der Waals surface area contributed by atoms with Crippen molar-refractivity contribution in [2.24, 2.45) is 0 Å². The van der Waals surface area contributed by atoms with Crippen molar-refractivity contribution < 1.29 is 22.0 Å². The zero-order valence-electron chi connectivity index (χ0n) is 14.8. The molecule has 1 unspecified atom stereocenters. The Labute approximate surface area is 156 Å². The molecule has 27 heavy (non-hydrogen) atoms. The van der Waals surface area contributed by atoms with Gasteiger partial charge in [-0.1, -0.05) is 12.1 Å². The number of carbonyl (C=O) groups is 1. The van der Waals surface area contributed by atoms with Gasteiger partial charge in [0.25, 0.3) is 0 Å². The molecule has 0 aliphatic heterocycles. The van der Waals surface area contributed by atoms with Crippen molar-refractivity contribution in [1.29, 1.82) is 5.26 Å². The minimum atomic E-state index is -3.77. The Morgan fingerprint density at radius 2 is 1.81 bits per heavy atom. The normalized spacial score (nSPS) is 12.3. The summed E-state index contributed by atoms with van der Waals surface area (Å²) in [5, 5.41) is 8.76. The molecule has 0 heterocycles. The molecule has 1 atom stereocenters. The standard InChI is InChI=1S/C19H18F2N2O3S/c1-13(17-9-16(20)7-8-18(17)21)23(2)19(24)12-27(25,26)11-15-5-3-14(10-22)4-6-15/h3-9,13H,11-12H2,1-2H3. The first kappa shape index (κ1) is 20.5. The molecule has 2 aromatic rings. The van der Waals surface area contributed by atoms with E-state index in [0.717, 1.165) is 23.1 Å². The molecule has 0 radical (unpaired) electrons. The largest absolute Gasteiger partial charge is 0.338 e. The maximum atomic E-state index is 13.9. The van der Waals surface area contributed by atoms with Crippen LogP contribution in [0.5, 0.6) is 0 Å². The third-order valence-electron chi connectivity index (χ3n) is 4.20. The highest BCUT2D eigenvalue weighted by molar-refractivity contribution is 7.91. The van der Waals surface area contributed by atoms with Crippen LogP contribution in [-0.4, -0.2) is 32.0 Å². The van der Waals surface area contributed by atoms with Gasteiger partial charge in [-0.25, -0.2) is 17.2 Å². The predicted molar refractivity (Wildman–Crippen MR) is 96.2 cm³/mol. The van der Waals surface area contributed by atoms with Gasteiger partial charge in [0.05, 0.1) is 23.4 Å². The second-order valence-corrected chi connectivity index (χ2v) is 8.25. The monoisotopic (exact) mass is 392 g/mol. The van der Waals surface area contributed by atoms with Crippen LogP contribution < -0.4 is 0 Å². The van der Waals surface area contributed by atoms with Gasteiger partial charge in [-0.05, 0) is 42.8 Å². The van der Waals surface area contributed by atoms with Gasteiger partial charge < -0.3 is 4.90 Å². The van der Waals surface area contributed by atoms with E-state index in [0.29, 0.717) is 11.1 Å². The summed E-state index contributed by atoms with van der Waals surface area (Å²) >= 11 is 0. The molecule has 142 valence electrons. The summed E-state index contributed by atoms with van der Waals surface area (Å²) in [6.07, 6.45) is 0. The molecule has 0 saturated carbocycles. The summed E-state index contributed by atoms with van der Waals surface area (Å²) in [7, 11) is -2.43. The number of rotatable bonds is 6. The van der Waals surface area contributed by atoms with Crippen LogP contribution in [0, 0.1) is 23.0 Å². The number of sulfone groups is 1. The first-order valence-electron chi connectivity index (χ1n) is 8.03. The number of nitriles is 1. The average Bonchev–Trinajstić information content (AvgIpc) is 2.62. The number of hydrogen-bond acceptors (Lipinski definition) is 4. The molecule has 2 rings (SSSR count).